The Morgan fingerprint density at radius 2 is 2.05 bits per heavy atom. The van der Waals surface area contributed by atoms with Crippen LogP contribution in [0.25, 0.3) is 10.9 Å². The monoisotopic (exact) mass is 272 g/mol. The lowest BCUT2D eigenvalue weighted by molar-refractivity contribution is 0.0756. The number of ether oxygens (including phenoxy) is 1. The van der Waals surface area contributed by atoms with Crippen LogP contribution in [0, 0.1) is 0 Å². The fourth-order valence-electron chi connectivity index (χ4n) is 1.88. The number of carbonyl (C=O) groups is 1. The number of pyridine rings is 1. The number of aromatic nitrogens is 1. The number of hydrogen-bond donors (Lipinski definition) is 1. The van der Waals surface area contributed by atoms with E-state index in [9.17, 15) is 4.79 Å². The molecule has 20 heavy (non-hydrogen) atoms. The van der Waals surface area contributed by atoms with Gasteiger partial charge in [0.25, 0.3) is 5.91 Å². The molecule has 0 unspecified atom stereocenters. The van der Waals surface area contributed by atoms with Gasteiger partial charge in [-0.1, -0.05) is 24.3 Å². The second-order valence-electron chi connectivity index (χ2n) is 4.92. The van der Waals surface area contributed by atoms with Crippen LogP contribution in [0.2, 0.25) is 0 Å². The van der Waals surface area contributed by atoms with Gasteiger partial charge >= 0.3 is 0 Å². The van der Waals surface area contributed by atoms with E-state index in [1.807, 2.05) is 44.2 Å². The summed E-state index contributed by atoms with van der Waals surface area (Å²) in [7, 11) is 0. The van der Waals surface area contributed by atoms with E-state index >= 15 is 0 Å². The van der Waals surface area contributed by atoms with Crippen molar-refractivity contribution in [2.45, 2.75) is 26.4 Å². The molecule has 1 aromatic heterocycles. The first-order chi connectivity index (χ1) is 9.66. The molecule has 1 amide bonds. The summed E-state index contributed by atoms with van der Waals surface area (Å²) in [5, 5.41) is 3.89. The summed E-state index contributed by atoms with van der Waals surface area (Å²) >= 11 is 0. The molecular weight excluding hydrogens is 252 g/mol. The molecule has 0 bridgehead atoms. The minimum absolute atomic E-state index is 0.139. The average molecular weight is 272 g/mol. The maximum absolute atomic E-state index is 12.0. The molecule has 1 aromatic carbocycles. The Bertz CT molecular complexity index is 581. The van der Waals surface area contributed by atoms with Gasteiger partial charge in [0, 0.05) is 18.5 Å². The zero-order chi connectivity index (χ0) is 14.4. The summed E-state index contributed by atoms with van der Waals surface area (Å²) in [5.74, 6) is -0.139. The topological polar surface area (TPSA) is 51.2 Å². The molecule has 0 radical (unpaired) electrons. The third-order valence-electron chi connectivity index (χ3n) is 2.89. The van der Waals surface area contributed by atoms with Crippen molar-refractivity contribution in [2.75, 3.05) is 13.2 Å². The van der Waals surface area contributed by atoms with Crippen molar-refractivity contribution in [3.8, 4) is 0 Å². The van der Waals surface area contributed by atoms with E-state index in [0.29, 0.717) is 18.8 Å². The SMILES string of the molecule is CC(C)OCCCNC(=O)c1ccc2ccccc2n1. The van der Waals surface area contributed by atoms with Crippen molar-refractivity contribution in [1.82, 2.24) is 10.3 Å². The maximum Gasteiger partial charge on any atom is 0.269 e. The molecule has 0 fully saturated rings. The van der Waals surface area contributed by atoms with Crippen LogP contribution in [0.4, 0.5) is 0 Å². The average Bonchev–Trinajstić information content (AvgIpc) is 2.46. The second kappa shape index (κ2) is 7.01. The van der Waals surface area contributed by atoms with Gasteiger partial charge in [0.15, 0.2) is 0 Å². The van der Waals surface area contributed by atoms with E-state index in [1.165, 1.54) is 0 Å². The normalized spacial score (nSPS) is 10.9. The molecule has 106 valence electrons. The Kier molecular flexibility index (Phi) is 5.07. The highest BCUT2D eigenvalue weighted by atomic mass is 16.5. The van der Waals surface area contributed by atoms with E-state index in [-0.39, 0.29) is 12.0 Å². The molecule has 0 saturated carbocycles. The number of para-hydroxylation sites is 1. The van der Waals surface area contributed by atoms with Gasteiger partial charge in [-0.2, -0.15) is 0 Å². The van der Waals surface area contributed by atoms with E-state index in [0.717, 1.165) is 17.3 Å². The number of carbonyl (C=O) groups excluding carboxylic acids is 1. The number of rotatable bonds is 6. The zero-order valence-corrected chi connectivity index (χ0v) is 11.9. The Morgan fingerprint density at radius 3 is 2.85 bits per heavy atom. The molecule has 0 aliphatic carbocycles. The van der Waals surface area contributed by atoms with Crippen LogP contribution < -0.4 is 5.32 Å². The molecule has 0 atom stereocenters. The summed E-state index contributed by atoms with van der Waals surface area (Å²) in [6.45, 7) is 5.25. The molecule has 4 nitrogen and oxygen atoms in total. The lowest BCUT2D eigenvalue weighted by Gasteiger charge is -2.08. The molecule has 2 aromatic rings. The van der Waals surface area contributed by atoms with Gasteiger partial charge in [0.1, 0.15) is 5.69 Å². The van der Waals surface area contributed by atoms with Gasteiger partial charge in [-0.3, -0.25) is 4.79 Å². The first kappa shape index (κ1) is 14.5. The Morgan fingerprint density at radius 1 is 1.25 bits per heavy atom. The number of amides is 1. The number of benzene rings is 1. The van der Waals surface area contributed by atoms with Crippen LogP contribution >= 0.6 is 0 Å². The minimum atomic E-state index is -0.139. The first-order valence-electron chi connectivity index (χ1n) is 6.92. The van der Waals surface area contributed by atoms with Crippen molar-refractivity contribution < 1.29 is 9.53 Å². The Balaban J connectivity index is 1.87. The molecule has 0 spiro atoms. The fraction of sp³-hybridized carbons (Fsp3) is 0.375. The molecule has 0 saturated heterocycles. The lowest BCUT2D eigenvalue weighted by atomic mass is 10.2. The Hall–Kier alpha value is -1.94. The smallest absolute Gasteiger partial charge is 0.269 e. The predicted molar refractivity (Wildman–Crippen MR) is 79.8 cm³/mol. The second-order valence-corrected chi connectivity index (χ2v) is 4.92. The minimum Gasteiger partial charge on any atom is -0.379 e. The van der Waals surface area contributed by atoms with Crippen molar-refractivity contribution in [1.29, 1.82) is 0 Å². The first-order valence-corrected chi connectivity index (χ1v) is 6.92. The molecular formula is C16H20N2O2. The van der Waals surface area contributed by atoms with Crippen LogP contribution in [-0.4, -0.2) is 30.1 Å². The molecule has 0 aliphatic heterocycles. The van der Waals surface area contributed by atoms with Crippen LogP contribution in [-0.2, 0) is 4.74 Å². The van der Waals surface area contributed by atoms with Gasteiger partial charge < -0.3 is 10.1 Å². The molecule has 0 aliphatic rings. The third-order valence-corrected chi connectivity index (χ3v) is 2.89. The Labute approximate surface area is 119 Å². The highest BCUT2D eigenvalue weighted by Crippen LogP contribution is 2.11. The van der Waals surface area contributed by atoms with Crippen LogP contribution in [0.3, 0.4) is 0 Å². The molecule has 4 heteroatoms. The number of hydrogen-bond acceptors (Lipinski definition) is 3. The summed E-state index contributed by atoms with van der Waals surface area (Å²) in [6.07, 6.45) is 1.03. The van der Waals surface area contributed by atoms with E-state index in [4.69, 9.17) is 4.74 Å². The summed E-state index contributed by atoms with van der Waals surface area (Å²) < 4.78 is 5.42. The van der Waals surface area contributed by atoms with Crippen LogP contribution in [0.5, 0.6) is 0 Å². The van der Waals surface area contributed by atoms with Gasteiger partial charge in [0.2, 0.25) is 0 Å². The quantitative estimate of drug-likeness (QED) is 0.823. The number of nitrogens with one attached hydrogen (secondary N) is 1. The highest BCUT2D eigenvalue weighted by Gasteiger charge is 2.07. The van der Waals surface area contributed by atoms with Gasteiger partial charge in [-0.15, -0.1) is 0 Å². The third kappa shape index (κ3) is 4.03. The molecule has 1 N–H and O–H groups in total. The van der Waals surface area contributed by atoms with Crippen LogP contribution in [0.1, 0.15) is 30.8 Å². The zero-order valence-electron chi connectivity index (χ0n) is 11.9. The van der Waals surface area contributed by atoms with Gasteiger partial charge in [-0.25, -0.2) is 4.98 Å². The fourth-order valence-corrected chi connectivity index (χ4v) is 1.88. The van der Waals surface area contributed by atoms with Gasteiger partial charge in [0.05, 0.1) is 11.6 Å². The standard InChI is InChI=1S/C16H20N2O2/c1-12(2)20-11-5-10-17-16(19)15-9-8-13-6-3-4-7-14(13)18-15/h3-4,6-9,12H,5,10-11H2,1-2H3,(H,17,19). The van der Waals surface area contributed by atoms with Crippen molar-refractivity contribution >= 4 is 16.8 Å². The van der Waals surface area contributed by atoms with E-state index in [2.05, 4.69) is 10.3 Å². The maximum atomic E-state index is 12.0. The van der Waals surface area contributed by atoms with E-state index in [1.54, 1.807) is 6.07 Å². The molecule has 2 rings (SSSR count). The summed E-state index contributed by atoms with van der Waals surface area (Å²) in [4.78, 5) is 16.3. The van der Waals surface area contributed by atoms with Crippen molar-refractivity contribution in [3.63, 3.8) is 0 Å². The number of fused-ring (bicyclic) bond motifs is 1. The van der Waals surface area contributed by atoms with Gasteiger partial charge in [-0.05, 0) is 32.4 Å². The summed E-state index contributed by atoms with van der Waals surface area (Å²) in [5.41, 5.74) is 1.29. The van der Waals surface area contributed by atoms with Crippen molar-refractivity contribution in [2.24, 2.45) is 0 Å². The lowest BCUT2D eigenvalue weighted by Crippen LogP contribution is -2.26. The van der Waals surface area contributed by atoms with Crippen molar-refractivity contribution in [3.05, 3.63) is 42.1 Å². The predicted octanol–water partition coefficient (Wildman–Crippen LogP) is 2.78. The highest BCUT2D eigenvalue weighted by molar-refractivity contribution is 5.94. The largest absolute Gasteiger partial charge is 0.379 e. The van der Waals surface area contributed by atoms with E-state index < -0.39 is 0 Å². The summed E-state index contributed by atoms with van der Waals surface area (Å²) in [6, 6.07) is 11.4. The molecule has 1 heterocycles. The number of nitrogens with zero attached hydrogens (tertiary/aromatic N) is 1. The van der Waals surface area contributed by atoms with Crippen LogP contribution in [0.15, 0.2) is 36.4 Å².